The number of hydrogen-bond donors (Lipinski definition) is 1. The highest BCUT2D eigenvalue weighted by molar-refractivity contribution is 7.91. The second-order valence-electron chi connectivity index (χ2n) is 5.51. The summed E-state index contributed by atoms with van der Waals surface area (Å²) in [7, 11) is -3.42. The Kier molecular flexibility index (Phi) is 4.15. The van der Waals surface area contributed by atoms with Crippen molar-refractivity contribution in [3.8, 4) is 0 Å². The molecule has 112 valence electrons. The number of rotatable bonds is 4. The molecule has 0 bridgehead atoms. The third kappa shape index (κ3) is 3.20. The zero-order valence-electron chi connectivity index (χ0n) is 12.0. The average molecular weight is 321 g/mol. The third-order valence-corrected chi connectivity index (χ3v) is 6.90. The van der Waals surface area contributed by atoms with Crippen molar-refractivity contribution in [2.75, 3.05) is 0 Å². The van der Waals surface area contributed by atoms with Gasteiger partial charge >= 0.3 is 0 Å². The predicted octanol–water partition coefficient (Wildman–Crippen LogP) is 3.67. The first-order chi connectivity index (χ1) is 10.1. The van der Waals surface area contributed by atoms with Crippen molar-refractivity contribution in [1.29, 1.82) is 0 Å². The van der Waals surface area contributed by atoms with Crippen LogP contribution in [0.1, 0.15) is 42.5 Å². The monoisotopic (exact) mass is 321 g/mol. The lowest BCUT2D eigenvalue weighted by Crippen LogP contribution is -2.26. The summed E-state index contributed by atoms with van der Waals surface area (Å²) in [5.74, 6) is 0. The Hall–Kier alpha value is -1.17. The SMILES string of the molecule is CC(NS(=O)(=O)c1cccs1)c1ccc2c(c1)CCCC2. The minimum atomic E-state index is -3.42. The number of sulfonamides is 1. The van der Waals surface area contributed by atoms with Crippen LogP contribution in [0.4, 0.5) is 0 Å². The molecule has 0 amide bonds. The highest BCUT2D eigenvalue weighted by Gasteiger charge is 2.20. The zero-order valence-corrected chi connectivity index (χ0v) is 13.6. The lowest BCUT2D eigenvalue weighted by atomic mass is 9.89. The molecule has 3 rings (SSSR count). The second kappa shape index (κ2) is 5.91. The van der Waals surface area contributed by atoms with Gasteiger partial charge in [0.15, 0.2) is 0 Å². The van der Waals surface area contributed by atoms with E-state index in [-0.39, 0.29) is 6.04 Å². The van der Waals surface area contributed by atoms with Gasteiger partial charge in [0, 0.05) is 6.04 Å². The highest BCUT2D eigenvalue weighted by atomic mass is 32.2. The standard InChI is InChI=1S/C16H19NO2S2/c1-12(17-21(18,19)16-7-4-10-20-16)14-9-8-13-5-2-3-6-15(13)11-14/h4,7-12,17H,2-3,5-6H2,1H3. The van der Waals surface area contributed by atoms with E-state index in [0.717, 1.165) is 18.4 Å². The Balaban J connectivity index is 1.81. The molecule has 3 nitrogen and oxygen atoms in total. The van der Waals surface area contributed by atoms with Gasteiger partial charge in [-0.1, -0.05) is 24.3 Å². The number of thiophene rings is 1. The molecule has 1 unspecified atom stereocenters. The molecule has 0 radical (unpaired) electrons. The minimum Gasteiger partial charge on any atom is -0.206 e. The van der Waals surface area contributed by atoms with Gasteiger partial charge in [-0.15, -0.1) is 11.3 Å². The van der Waals surface area contributed by atoms with Crippen LogP contribution in [0.25, 0.3) is 0 Å². The Bertz CT molecular complexity index is 721. The average Bonchev–Trinajstić information content (AvgIpc) is 3.01. The highest BCUT2D eigenvalue weighted by Crippen LogP contribution is 2.26. The molecule has 1 N–H and O–H groups in total. The van der Waals surface area contributed by atoms with Gasteiger partial charge in [0.05, 0.1) is 0 Å². The minimum absolute atomic E-state index is 0.218. The summed E-state index contributed by atoms with van der Waals surface area (Å²) in [6, 6.07) is 9.53. The van der Waals surface area contributed by atoms with Crippen LogP contribution in [0.5, 0.6) is 0 Å². The molecule has 1 atom stereocenters. The molecule has 21 heavy (non-hydrogen) atoms. The van der Waals surface area contributed by atoms with Crippen molar-refractivity contribution in [1.82, 2.24) is 4.72 Å². The van der Waals surface area contributed by atoms with E-state index >= 15 is 0 Å². The van der Waals surface area contributed by atoms with Crippen molar-refractivity contribution in [2.45, 2.75) is 42.9 Å². The summed E-state index contributed by atoms with van der Waals surface area (Å²) in [5.41, 5.74) is 3.83. The maximum atomic E-state index is 12.3. The molecule has 0 spiro atoms. The third-order valence-electron chi connectivity index (χ3n) is 3.96. The Morgan fingerprint density at radius 3 is 2.62 bits per heavy atom. The van der Waals surface area contributed by atoms with Gasteiger partial charge in [0.2, 0.25) is 0 Å². The lowest BCUT2D eigenvalue weighted by molar-refractivity contribution is 0.568. The summed E-state index contributed by atoms with van der Waals surface area (Å²) in [5, 5.41) is 1.78. The largest absolute Gasteiger partial charge is 0.250 e. The summed E-state index contributed by atoms with van der Waals surface area (Å²) in [4.78, 5) is 0. The van der Waals surface area contributed by atoms with Gasteiger partial charge in [0.25, 0.3) is 10.0 Å². The van der Waals surface area contributed by atoms with E-state index in [2.05, 4.69) is 16.9 Å². The van der Waals surface area contributed by atoms with E-state index in [4.69, 9.17) is 0 Å². The van der Waals surface area contributed by atoms with Crippen molar-refractivity contribution < 1.29 is 8.42 Å². The molecule has 1 heterocycles. The van der Waals surface area contributed by atoms with Crippen LogP contribution in [0.15, 0.2) is 39.9 Å². The fourth-order valence-corrected chi connectivity index (χ4v) is 5.04. The van der Waals surface area contributed by atoms with Crippen LogP contribution in [-0.2, 0) is 22.9 Å². The quantitative estimate of drug-likeness (QED) is 0.934. The first-order valence-electron chi connectivity index (χ1n) is 7.24. The molecule has 0 aliphatic heterocycles. The molecule has 1 aliphatic carbocycles. The fraction of sp³-hybridized carbons (Fsp3) is 0.375. The summed E-state index contributed by atoms with van der Waals surface area (Å²) in [6.45, 7) is 1.90. The fourth-order valence-electron chi connectivity index (χ4n) is 2.80. The molecule has 2 aromatic rings. The number of benzene rings is 1. The van der Waals surface area contributed by atoms with E-state index in [9.17, 15) is 8.42 Å². The smallest absolute Gasteiger partial charge is 0.206 e. The molecule has 1 aromatic carbocycles. The van der Waals surface area contributed by atoms with Gasteiger partial charge < -0.3 is 0 Å². The van der Waals surface area contributed by atoms with Crippen LogP contribution < -0.4 is 4.72 Å². The normalized spacial score (nSPS) is 16.4. The van der Waals surface area contributed by atoms with Crippen molar-refractivity contribution in [3.05, 3.63) is 52.4 Å². The molecule has 0 saturated heterocycles. The molecule has 1 aromatic heterocycles. The number of nitrogens with one attached hydrogen (secondary N) is 1. The summed E-state index contributed by atoms with van der Waals surface area (Å²) in [6.07, 6.45) is 4.73. The number of aryl methyl sites for hydroxylation is 2. The molecule has 0 saturated carbocycles. The van der Waals surface area contributed by atoms with Crippen LogP contribution >= 0.6 is 11.3 Å². The predicted molar refractivity (Wildman–Crippen MR) is 86.1 cm³/mol. The van der Waals surface area contributed by atoms with Gasteiger partial charge in [-0.05, 0) is 60.7 Å². The van der Waals surface area contributed by atoms with E-state index in [1.165, 1.54) is 35.3 Å². The number of fused-ring (bicyclic) bond motifs is 1. The van der Waals surface area contributed by atoms with E-state index in [1.54, 1.807) is 17.5 Å². The van der Waals surface area contributed by atoms with Gasteiger partial charge in [-0.2, -0.15) is 0 Å². The number of hydrogen-bond acceptors (Lipinski definition) is 3. The van der Waals surface area contributed by atoms with E-state index in [1.807, 2.05) is 13.0 Å². The Labute approximate surface area is 130 Å². The molecule has 0 fully saturated rings. The second-order valence-corrected chi connectivity index (χ2v) is 8.40. The Morgan fingerprint density at radius 1 is 1.14 bits per heavy atom. The van der Waals surface area contributed by atoms with Gasteiger partial charge in [-0.3, -0.25) is 0 Å². The topological polar surface area (TPSA) is 46.2 Å². The maximum absolute atomic E-state index is 12.3. The molecular weight excluding hydrogens is 302 g/mol. The van der Waals surface area contributed by atoms with Gasteiger partial charge in [0.1, 0.15) is 4.21 Å². The van der Waals surface area contributed by atoms with Crippen LogP contribution in [-0.4, -0.2) is 8.42 Å². The molecule has 1 aliphatic rings. The first-order valence-corrected chi connectivity index (χ1v) is 9.60. The first kappa shape index (κ1) is 14.8. The van der Waals surface area contributed by atoms with Crippen LogP contribution in [0.3, 0.4) is 0 Å². The van der Waals surface area contributed by atoms with Gasteiger partial charge in [-0.25, -0.2) is 13.1 Å². The molecular formula is C16H19NO2S2. The van der Waals surface area contributed by atoms with Crippen molar-refractivity contribution in [3.63, 3.8) is 0 Å². The zero-order chi connectivity index (χ0) is 14.9. The van der Waals surface area contributed by atoms with E-state index in [0.29, 0.717) is 4.21 Å². The summed E-state index contributed by atoms with van der Waals surface area (Å²) >= 11 is 1.24. The Morgan fingerprint density at radius 2 is 1.90 bits per heavy atom. The van der Waals surface area contributed by atoms with Crippen molar-refractivity contribution in [2.24, 2.45) is 0 Å². The summed E-state index contributed by atoms with van der Waals surface area (Å²) < 4.78 is 27.7. The van der Waals surface area contributed by atoms with E-state index < -0.39 is 10.0 Å². The van der Waals surface area contributed by atoms with Crippen LogP contribution in [0.2, 0.25) is 0 Å². The lowest BCUT2D eigenvalue weighted by Gasteiger charge is -2.19. The maximum Gasteiger partial charge on any atom is 0.250 e. The van der Waals surface area contributed by atoms with Crippen LogP contribution in [0, 0.1) is 0 Å². The molecule has 5 heteroatoms. The van der Waals surface area contributed by atoms with Crippen molar-refractivity contribution >= 4 is 21.4 Å².